The molecule has 0 amide bonds. The van der Waals surface area contributed by atoms with Crippen LogP contribution in [-0.4, -0.2) is 29.6 Å². The summed E-state index contributed by atoms with van der Waals surface area (Å²) in [6.07, 6.45) is 12.3. The Morgan fingerprint density at radius 3 is 2.24 bits per heavy atom. The number of likely N-dealkylation sites (tertiary alicyclic amines) is 1. The van der Waals surface area contributed by atoms with E-state index >= 15 is 0 Å². The zero-order valence-corrected chi connectivity index (χ0v) is 15.0. The third-order valence-electron chi connectivity index (χ3n) is 6.48. The molecule has 1 aliphatic heterocycles. The monoisotopic (exact) mass is 294 g/mol. The van der Waals surface area contributed by atoms with Crippen molar-refractivity contribution < 1.29 is 0 Å². The molecule has 1 saturated carbocycles. The molecule has 1 saturated heterocycles. The molecule has 2 heteroatoms. The third kappa shape index (κ3) is 3.82. The van der Waals surface area contributed by atoms with Crippen molar-refractivity contribution in [3.8, 4) is 0 Å². The molecule has 2 fully saturated rings. The molecule has 1 heterocycles. The minimum absolute atomic E-state index is 0.312. The van der Waals surface area contributed by atoms with Gasteiger partial charge in [0.25, 0.3) is 0 Å². The largest absolute Gasteiger partial charge is 0.329 e. The number of rotatable bonds is 3. The first-order valence-electron chi connectivity index (χ1n) is 9.40. The first kappa shape index (κ1) is 17.3. The van der Waals surface area contributed by atoms with E-state index in [0.717, 1.165) is 18.5 Å². The second kappa shape index (κ2) is 7.00. The Hall–Kier alpha value is -0.0800. The summed E-state index contributed by atoms with van der Waals surface area (Å²) in [6, 6.07) is 0.780. The lowest BCUT2D eigenvalue weighted by Crippen LogP contribution is -2.59. The van der Waals surface area contributed by atoms with Crippen molar-refractivity contribution in [1.82, 2.24) is 4.90 Å². The highest BCUT2D eigenvalue weighted by Crippen LogP contribution is 2.44. The fourth-order valence-electron chi connectivity index (χ4n) is 4.86. The molecule has 1 unspecified atom stereocenters. The van der Waals surface area contributed by atoms with Gasteiger partial charge in [0.1, 0.15) is 0 Å². The number of nitrogens with two attached hydrogens (primary N) is 1. The van der Waals surface area contributed by atoms with Crippen molar-refractivity contribution in [2.75, 3.05) is 13.1 Å². The summed E-state index contributed by atoms with van der Waals surface area (Å²) in [5.41, 5.74) is 7.12. The van der Waals surface area contributed by atoms with E-state index in [1.165, 1.54) is 64.3 Å². The van der Waals surface area contributed by atoms with Crippen molar-refractivity contribution in [3.63, 3.8) is 0 Å². The highest BCUT2D eigenvalue weighted by molar-refractivity contribution is 5.00. The average Bonchev–Trinajstić information content (AvgIpc) is 2.71. The van der Waals surface area contributed by atoms with Gasteiger partial charge in [-0.15, -0.1) is 0 Å². The molecule has 2 aliphatic rings. The fraction of sp³-hybridized carbons (Fsp3) is 1.00. The van der Waals surface area contributed by atoms with Crippen molar-refractivity contribution in [2.24, 2.45) is 17.1 Å². The Balaban J connectivity index is 2.10. The van der Waals surface area contributed by atoms with Crippen LogP contribution in [0.2, 0.25) is 0 Å². The van der Waals surface area contributed by atoms with Crippen molar-refractivity contribution in [2.45, 2.75) is 97.1 Å². The maximum absolute atomic E-state index is 6.35. The van der Waals surface area contributed by atoms with E-state index in [-0.39, 0.29) is 0 Å². The van der Waals surface area contributed by atoms with Gasteiger partial charge in [0.15, 0.2) is 0 Å². The van der Waals surface area contributed by atoms with Gasteiger partial charge in [-0.2, -0.15) is 0 Å². The maximum atomic E-state index is 6.35. The number of hydrogen-bond donors (Lipinski definition) is 1. The predicted octanol–water partition coefficient (Wildman–Crippen LogP) is 4.57. The fourth-order valence-corrected chi connectivity index (χ4v) is 4.86. The number of hydrogen-bond acceptors (Lipinski definition) is 2. The Morgan fingerprint density at radius 2 is 1.71 bits per heavy atom. The Morgan fingerprint density at radius 1 is 1.05 bits per heavy atom. The van der Waals surface area contributed by atoms with Crippen LogP contribution in [0, 0.1) is 11.3 Å². The Labute approximate surface area is 132 Å². The molecule has 21 heavy (non-hydrogen) atoms. The summed E-state index contributed by atoms with van der Waals surface area (Å²) >= 11 is 0. The minimum atomic E-state index is 0.312. The maximum Gasteiger partial charge on any atom is 0.0334 e. The summed E-state index contributed by atoms with van der Waals surface area (Å²) < 4.78 is 0. The van der Waals surface area contributed by atoms with Crippen LogP contribution in [0.3, 0.4) is 0 Å². The molecule has 2 rings (SSSR count). The standard InChI is InChI=1S/C19H38N2/c1-5-17-9-7-6-8-14-21(17)19(15-20)12-10-16(11-13-19)18(2,3)4/h16-17H,5-15,20H2,1-4H3. The highest BCUT2D eigenvalue weighted by atomic mass is 15.2. The summed E-state index contributed by atoms with van der Waals surface area (Å²) in [5, 5.41) is 0. The molecular weight excluding hydrogens is 256 g/mol. The molecule has 2 N–H and O–H groups in total. The molecule has 2 nitrogen and oxygen atoms in total. The van der Waals surface area contributed by atoms with Crippen LogP contribution in [0.5, 0.6) is 0 Å². The normalized spacial score (nSPS) is 36.4. The van der Waals surface area contributed by atoms with Crippen LogP contribution in [0.1, 0.15) is 85.5 Å². The van der Waals surface area contributed by atoms with Crippen LogP contribution >= 0.6 is 0 Å². The zero-order valence-electron chi connectivity index (χ0n) is 15.0. The van der Waals surface area contributed by atoms with E-state index in [1.807, 2.05) is 0 Å². The molecule has 1 aliphatic carbocycles. The second-order valence-electron chi connectivity index (χ2n) is 8.67. The molecule has 0 spiro atoms. The van der Waals surface area contributed by atoms with Crippen molar-refractivity contribution in [3.05, 3.63) is 0 Å². The second-order valence-corrected chi connectivity index (χ2v) is 8.67. The summed E-state index contributed by atoms with van der Waals surface area (Å²) in [7, 11) is 0. The smallest absolute Gasteiger partial charge is 0.0334 e. The number of nitrogens with zero attached hydrogens (tertiary/aromatic N) is 1. The Kier molecular flexibility index (Phi) is 5.76. The van der Waals surface area contributed by atoms with E-state index in [2.05, 4.69) is 32.6 Å². The summed E-state index contributed by atoms with van der Waals surface area (Å²) in [6.45, 7) is 11.7. The Bertz CT molecular complexity index is 310. The first-order valence-corrected chi connectivity index (χ1v) is 9.40. The van der Waals surface area contributed by atoms with Gasteiger partial charge in [-0.05, 0) is 62.8 Å². The quantitative estimate of drug-likeness (QED) is 0.826. The predicted molar refractivity (Wildman–Crippen MR) is 92.5 cm³/mol. The minimum Gasteiger partial charge on any atom is -0.329 e. The van der Waals surface area contributed by atoms with Crippen LogP contribution in [0.4, 0.5) is 0 Å². The van der Waals surface area contributed by atoms with Crippen LogP contribution in [0.15, 0.2) is 0 Å². The van der Waals surface area contributed by atoms with Gasteiger partial charge in [0.2, 0.25) is 0 Å². The molecule has 0 aromatic rings. The van der Waals surface area contributed by atoms with E-state index in [4.69, 9.17) is 5.73 Å². The van der Waals surface area contributed by atoms with Crippen LogP contribution in [-0.2, 0) is 0 Å². The van der Waals surface area contributed by atoms with Gasteiger partial charge in [0, 0.05) is 18.1 Å². The third-order valence-corrected chi connectivity index (χ3v) is 6.48. The van der Waals surface area contributed by atoms with E-state index in [9.17, 15) is 0 Å². The van der Waals surface area contributed by atoms with E-state index in [1.54, 1.807) is 0 Å². The van der Waals surface area contributed by atoms with Gasteiger partial charge >= 0.3 is 0 Å². The molecule has 0 aromatic carbocycles. The van der Waals surface area contributed by atoms with Gasteiger partial charge < -0.3 is 5.73 Å². The zero-order chi connectivity index (χ0) is 15.5. The van der Waals surface area contributed by atoms with Gasteiger partial charge in [0.05, 0.1) is 0 Å². The lowest BCUT2D eigenvalue weighted by atomic mass is 9.66. The molecule has 1 atom stereocenters. The van der Waals surface area contributed by atoms with Gasteiger partial charge in [-0.3, -0.25) is 4.90 Å². The molecular formula is C19H38N2. The first-order chi connectivity index (χ1) is 9.93. The van der Waals surface area contributed by atoms with E-state index < -0.39 is 0 Å². The SMILES string of the molecule is CCC1CCCCCN1C1(CN)CCC(C(C)(C)C)CC1. The topological polar surface area (TPSA) is 29.3 Å². The lowest BCUT2D eigenvalue weighted by Gasteiger charge is -2.52. The molecule has 0 aromatic heterocycles. The van der Waals surface area contributed by atoms with Crippen LogP contribution < -0.4 is 5.73 Å². The molecule has 124 valence electrons. The average molecular weight is 295 g/mol. The van der Waals surface area contributed by atoms with Gasteiger partial charge in [-0.25, -0.2) is 0 Å². The van der Waals surface area contributed by atoms with Crippen molar-refractivity contribution >= 4 is 0 Å². The molecule has 0 radical (unpaired) electrons. The lowest BCUT2D eigenvalue weighted by molar-refractivity contribution is -0.00696. The van der Waals surface area contributed by atoms with Crippen molar-refractivity contribution in [1.29, 1.82) is 0 Å². The highest BCUT2D eigenvalue weighted by Gasteiger charge is 2.43. The van der Waals surface area contributed by atoms with Crippen LogP contribution in [0.25, 0.3) is 0 Å². The molecule has 0 bridgehead atoms. The summed E-state index contributed by atoms with van der Waals surface area (Å²) in [4.78, 5) is 2.86. The van der Waals surface area contributed by atoms with E-state index in [0.29, 0.717) is 11.0 Å². The summed E-state index contributed by atoms with van der Waals surface area (Å²) in [5.74, 6) is 0.879. The van der Waals surface area contributed by atoms with Gasteiger partial charge in [-0.1, -0.05) is 40.5 Å².